The van der Waals surface area contributed by atoms with Gasteiger partial charge in [0, 0.05) is 12.1 Å². The minimum absolute atomic E-state index is 0.00116. The Kier molecular flexibility index (Phi) is 4.79. The summed E-state index contributed by atoms with van der Waals surface area (Å²) in [7, 11) is 1.68. The van der Waals surface area contributed by atoms with Crippen LogP contribution in [0.3, 0.4) is 0 Å². The van der Waals surface area contributed by atoms with Crippen LogP contribution in [-0.4, -0.2) is 29.8 Å². The second-order valence-corrected chi connectivity index (χ2v) is 6.07. The number of fused-ring (bicyclic) bond motifs is 1. The maximum absolute atomic E-state index is 13.3. The number of hydrogen-bond acceptors (Lipinski definition) is 4. The van der Waals surface area contributed by atoms with Crippen molar-refractivity contribution < 1.29 is 9.53 Å². The zero-order valence-electron chi connectivity index (χ0n) is 14.5. The summed E-state index contributed by atoms with van der Waals surface area (Å²) < 4.78 is 5.51. The third kappa shape index (κ3) is 2.98. The second-order valence-electron chi connectivity index (χ2n) is 6.07. The van der Waals surface area contributed by atoms with E-state index >= 15 is 0 Å². The molecule has 0 saturated carbocycles. The van der Waals surface area contributed by atoms with Gasteiger partial charge >= 0.3 is 0 Å². The van der Waals surface area contributed by atoms with Gasteiger partial charge in [-0.05, 0) is 50.8 Å². The standard InChI is InChI=1S/C19H23N3O2/c1-4-16-15(12-13(2)20-21-16)19(23)22-11-6-5-8-14-17(22)9-7-10-18(14)24-3/h7,9-10,12H,4-6,8,11H2,1-3H3. The number of amides is 1. The van der Waals surface area contributed by atoms with Crippen molar-refractivity contribution in [2.45, 2.75) is 39.5 Å². The molecule has 1 aliphatic heterocycles. The van der Waals surface area contributed by atoms with Gasteiger partial charge in [0.05, 0.1) is 29.7 Å². The second kappa shape index (κ2) is 6.99. The van der Waals surface area contributed by atoms with Crippen LogP contribution in [0.5, 0.6) is 5.75 Å². The van der Waals surface area contributed by atoms with E-state index in [1.54, 1.807) is 7.11 Å². The minimum Gasteiger partial charge on any atom is -0.496 e. The molecule has 1 amide bonds. The van der Waals surface area contributed by atoms with Crippen LogP contribution in [0.4, 0.5) is 5.69 Å². The maximum Gasteiger partial charge on any atom is 0.260 e. The normalized spacial score (nSPS) is 14.0. The Balaban J connectivity index is 2.07. The van der Waals surface area contributed by atoms with Crippen LogP contribution < -0.4 is 9.64 Å². The number of hydrogen-bond donors (Lipinski definition) is 0. The smallest absolute Gasteiger partial charge is 0.260 e. The van der Waals surface area contributed by atoms with Gasteiger partial charge in [-0.15, -0.1) is 0 Å². The molecule has 0 atom stereocenters. The van der Waals surface area contributed by atoms with Gasteiger partial charge in [0.1, 0.15) is 5.75 Å². The Labute approximate surface area is 142 Å². The highest BCUT2D eigenvalue weighted by Gasteiger charge is 2.26. The third-order valence-electron chi connectivity index (χ3n) is 4.48. The van der Waals surface area contributed by atoms with Gasteiger partial charge in [0.2, 0.25) is 0 Å². The molecule has 1 aromatic carbocycles. The number of anilines is 1. The molecule has 0 fully saturated rings. The molecule has 5 nitrogen and oxygen atoms in total. The quantitative estimate of drug-likeness (QED) is 0.868. The molecule has 5 heteroatoms. The monoisotopic (exact) mass is 325 g/mol. The molecule has 3 rings (SSSR count). The first-order valence-corrected chi connectivity index (χ1v) is 8.46. The van der Waals surface area contributed by atoms with Crippen molar-refractivity contribution in [1.29, 1.82) is 0 Å². The van der Waals surface area contributed by atoms with Crippen LogP contribution in [-0.2, 0) is 12.8 Å². The largest absolute Gasteiger partial charge is 0.496 e. The number of aromatic nitrogens is 2. The lowest BCUT2D eigenvalue weighted by Gasteiger charge is -2.24. The van der Waals surface area contributed by atoms with E-state index in [-0.39, 0.29) is 5.91 Å². The average molecular weight is 325 g/mol. The van der Waals surface area contributed by atoms with E-state index < -0.39 is 0 Å². The van der Waals surface area contributed by atoms with Crippen LogP contribution in [0.1, 0.15) is 47.1 Å². The highest BCUT2D eigenvalue weighted by atomic mass is 16.5. The van der Waals surface area contributed by atoms with Gasteiger partial charge in [-0.2, -0.15) is 10.2 Å². The Bertz CT molecular complexity index is 758. The van der Waals surface area contributed by atoms with E-state index in [1.165, 1.54) is 0 Å². The molecule has 0 aliphatic carbocycles. The SMILES string of the molecule is CCc1nnc(C)cc1C(=O)N1CCCCc2c(OC)cccc21. The summed E-state index contributed by atoms with van der Waals surface area (Å²) in [5, 5.41) is 8.29. The molecule has 0 saturated heterocycles. The number of benzene rings is 1. The van der Waals surface area contributed by atoms with E-state index in [0.717, 1.165) is 47.7 Å². The van der Waals surface area contributed by atoms with Crippen LogP contribution in [0, 0.1) is 6.92 Å². The van der Waals surface area contributed by atoms with E-state index in [4.69, 9.17) is 4.74 Å². The van der Waals surface area contributed by atoms with Gasteiger partial charge < -0.3 is 9.64 Å². The summed E-state index contributed by atoms with van der Waals surface area (Å²) in [6, 6.07) is 7.76. The van der Waals surface area contributed by atoms with Crippen molar-refractivity contribution in [3.8, 4) is 5.75 Å². The molecule has 0 spiro atoms. The lowest BCUT2D eigenvalue weighted by molar-refractivity contribution is 0.0985. The Hall–Kier alpha value is -2.43. The van der Waals surface area contributed by atoms with Crippen molar-refractivity contribution in [1.82, 2.24) is 10.2 Å². The molecule has 2 heterocycles. The zero-order valence-corrected chi connectivity index (χ0v) is 14.5. The first kappa shape index (κ1) is 16.4. The lowest BCUT2D eigenvalue weighted by Crippen LogP contribution is -2.33. The first-order chi connectivity index (χ1) is 11.7. The van der Waals surface area contributed by atoms with Crippen molar-refractivity contribution in [2.24, 2.45) is 0 Å². The fraction of sp³-hybridized carbons (Fsp3) is 0.421. The molecular formula is C19H23N3O2. The molecule has 0 bridgehead atoms. The molecule has 0 N–H and O–H groups in total. The van der Waals surface area contributed by atoms with Crippen LogP contribution in [0.15, 0.2) is 24.3 Å². The summed E-state index contributed by atoms with van der Waals surface area (Å²) in [6.07, 6.45) is 3.64. The van der Waals surface area contributed by atoms with Crippen molar-refractivity contribution in [3.63, 3.8) is 0 Å². The van der Waals surface area contributed by atoms with E-state index in [9.17, 15) is 4.79 Å². The predicted molar refractivity (Wildman–Crippen MR) is 93.8 cm³/mol. The van der Waals surface area contributed by atoms with Gasteiger partial charge in [0.15, 0.2) is 0 Å². The Morgan fingerprint density at radius 3 is 2.88 bits per heavy atom. The molecule has 0 radical (unpaired) electrons. The van der Waals surface area contributed by atoms with Gasteiger partial charge in [-0.1, -0.05) is 13.0 Å². The van der Waals surface area contributed by atoms with Crippen molar-refractivity contribution >= 4 is 11.6 Å². The van der Waals surface area contributed by atoms with E-state index in [0.29, 0.717) is 18.5 Å². The number of carbonyl (C=O) groups excluding carboxylic acids is 1. The number of aryl methyl sites for hydroxylation is 2. The van der Waals surface area contributed by atoms with Gasteiger partial charge in [0.25, 0.3) is 5.91 Å². The number of ether oxygens (including phenoxy) is 1. The molecule has 1 aliphatic rings. The average Bonchev–Trinajstić information content (AvgIpc) is 2.83. The molecule has 24 heavy (non-hydrogen) atoms. The summed E-state index contributed by atoms with van der Waals surface area (Å²) >= 11 is 0. The minimum atomic E-state index is 0.00116. The molecule has 126 valence electrons. The number of carbonyl (C=O) groups is 1. The predicted octanol–water partition coefficient (Wildman–Crippen LogP) is 3.34. The topological polar surface area (TPSA) is 55.3 Å². The van der Waals surface area contributed by atoms with E-state index in [2.05, 4.69) is 10.2 Å². The van der Waals surface area contributed by atoms with Crippen LogP contribution in [0.2, 0.25) is 0 Å². The molecule has 2 aromatic rings. The van der Waals surface area contributed by atoms with Crippen LogP contribution in [0.25, 0.3) is 0 Å². The van der Waals surface area contributed by atoms with E-state index in [1.807, 2.05) is 43.0 Å². The molecular weight excluding hydrogens is 302 g/mol. The summed E-state index contributed by atoms with van der Waals surface area (Å²) in [4.78, 5) is 15.1. The van der Waals surface area contributed by atoms with Gasteiger partial charge in [-0.3, -0.25) is 4.79 Å². The third-order valence-corrected chi connectivity index (χ3v) is 4.48. The number of rotatable bonds is 3. The van der Waals surface area contributed by atoms with Gasteiger partial charge in [-0.25, -0.2) is 0 Å². The number of methoxy groups -OCH3 is 1. The zero-order chi connectivity index (χ0) is 17.1. The van der Waals surface area contributed by atoms with Crippen molar-refractivity contribution in [3.05, 3.63) is 46.8 Å². The summed E-state index contributed by atoms with van der Waals surface area (Å²) in [5.41, 5.74) is 4.23. The lowest BCUT2D eigenvalue weighted by atomic mass is 10.1. The first-order valence-electron chi connectivity index (χ1n) is 8.46. The van der Waals surface area contributed by atoms with Crippen LogP contribution >= 0.6 is 0 Å². The highest BCUT2D eigenvalue weighted by molar-refractivity contribution is 6.07. The summed E-state index contributed by atoms with van der Waals surface area (Å²) in [5.74, 6) is 0.855. The Morgan fingerprint density at radius 1 is 1.29 bits per heavy atom. The number of nitrogens with zero attached hydrogens (tertiary/aromatic N) is 3. The summed E-state index contributed by atoms with van der Waals surface area (Å²) in [6.45, 7) is 4.57. The molecule has 0 unspecified atom stereocenters. The highest BCUT2D eigenvalue weighted by Crippen LogP contribution is 2.34. The molecule has 1 aromatic heterocycles. The maximum atomic E-state index is 13.3. The fourth-order valence-corrected chi connectivity index (χ4v) is 3.26. The Morgan fingerprint density at radius 2 is 2.12 bits per heavy atom. The van der Waals surface area contributed by atoms with Crippen molar-refractivity contribution in [2.75, 3.05) is 18.6 Å². The fourth-order valence-electron chi connectivity index (χ4n) is 3.26.